The second-order valence-electron chi connectivity index (χ2n) is 7.56. The van der Waals surface area contributed by atoms with Crippen LogP contribution in [0.5, 0.6) is 11.5 Å². The fourth-order valence-corrected chi connectivity index (χ4v) is 3.91. The predicted octanol–water partition coefficient (Wildman–Crippen LogP) is 1.14. The van der Waals surface area contributed by atoms with E-state index in [2.05, 4.69) is 31.9 Å². The number of nitrogens with zero attached hydrogens (tertiary/aromatic N) is 4. The molecular formula is C20H24N4O4. The largest absolute Gasteiger partial charge is 0.454 e. The lowest BCUT2D eigenvalue weighted by Gasteiger charge is -2.34. The van der Waals surface area contributed by atoms with Gasteiger partial charge in [0, 0.05) is 63.7 Å². The molecule has 0 aliphatic carbocycles. The Balaban J connectivity index is 1.18. The molecule has 1 unspecified atom stereocenters. The fourth-order valence-electron chi connectivity index (χ4n) is 3.91. The zero-order chi connectivity index (χ0) is 19.0. The van der Waals surface area contributed by atoms with Crippen LogP contribution in [0.4, 0.5) is 5.95 Å². The van der Waals surface area contributed by atoms with Gasteiger partial charge in [-0.05, 0) is 17.7 Å². The molecule has 4 heterocycles. The summed E-state index contributed by atoms with van der Waals surface area (Å²) in [6.07, 6.45) is 4.06. The number of fused-ring (bicyclic) bond motifs is 1. The molecule has 2 aromatic rings. The van der Waals surface area contributed by atoms with Crippen LogP contribution in [-0.4, -0.2) is 66.2 Å². The van der Waals surface area contributed by atoms with Gasteiger partial charge in [0.25, 0.3) is 0 Å². The summed E-state index contributed by atoms with van der Waals surface area (Å²) in [6.45, 7) is 5.71. The fraction of sp³-hybridized carbons (Fsp3) is 0.500. The molecular weight excluding hydrogens is 360 g/mol. The van der Waals surface area contributed by atoms with Crippen molar-refractivity contribution in [1.29, 1.82) is 0 Å². The van der Waals surface area contributed by atoms with Crippen LogP contribution >= 0.6 is 0 Å². The van der Waals surface area contributed by atoms with E-state index in [1.165, 1.54) is 5.56 Å². The first-order valence-corrected chi connectivity index (χ1v) is 9.68. The molecule has 2 fully saturated rings. The maximum absolute atomic E-state index is 10.6. The van der Waals surface area contributed by atoms with E-state index in [1.54, 1.807) is 12.4 Å². The van der Waals surface area contributed by atoms with Crippen molar-refractivity contribution in [1.82, 2.24) is 14.9 Å². The number of hydrogen-bond donors (Lipinski definition) is 1. The molecule has 0 bridgehead atoms. The summed E-state index contributed by atoms with van der Waals surface area (Å²) in [5.74, 6) is 2.37. The van der Waals surface area contributed by atoms with Crippen molar-refractivity contribution in [2.45, 2.75) is 18.6 Å². The monoisotopic (exact) mass is 384 g/mol. The third-order valence-corrected chi connectivity index (χ3v) is 5.67. The molecule has 1 aromatic heterocycles. The summed E-state index contributed by atoms with van der Waals surface area (Å²) in [5, 5.41) is 10.6. The van der Waals surface area contributed by atoms with E-state index in [4.69, 9.17) is 14.2 Å². The van der Waals surface area contributed by atoms with E-state index >= 15 is 0 Å². The lowest BCUT2D eigenvalue weighted by molar-refractivity contribution is 0.0226. The van der Waals surface area contributed by atoms with Gasteiger partial charge in [0.15, 0.2) is 11.5 Å². The second-order valence-corrected chi connectivity index (χ2v) is 7.56. The molecule has 8 nitrogen and oxygen atoms in total. The Morgan fingerprint density at radius 2 is 1.82 bits per heavy atom. The van der Waals surface area contributed by atoms with Gasteiger partial charge in [-0.25, -0.2) is 9.97 Å². The number of anilines is 1. The summed E-state index contributed by atoms with van der Waals surface area (Å²) < 4.78 is 16.2. The molecule has 0 amide bonds. The molecule has 2 saturated heterocycles. The Hall–Kier alpha value is -2.42. The van der Waals surface area contributed by atoms with Crippen LogP contribution in [-0.2, 0) is 16.9 Å². The van der Waals surface area contributed by atoms with Crippen LogP contribution in [0.3, 0.4) is 0 Å². The van der Waals surface area contributed by atoms with Crippen LogP contribution < -0.4 is 14.4 Å². The lowest BCUT2D eigenvalue weighted by Crippen LogP contribution is -2.46. The van der Waals surface area contributed by atoms with Crippen molar-refractivity contribution in [3.8, 4) is 11.5 Å². The first-order chi connectivity index (χ1) is 13.7. The molecule has 0 radical (unpaired) electrons. The van der Waals surface area contributed by atoms with Gasteiger partial charge in [-0.2, -0.15) is 0 Å². The highest BCUT2D eigenvalue weighted by molar-refractivity contribution is 5.44. The molecule has 148 valence electrons. The molecule has 0 spiro atoms. The zero-order valence-electron chi connectivity index (χ0n) is 15.7. The minimum absolute atomic E-state index is 0.306. The summed E-state index contributed by atoms with van der Waals surface area (Å²) in [6, 6.07) is 6.14. The van der Waals surface area contributed by atoms with Gasteiger partial charge >= 0.3 is 0 Å². The Kier molecular flexibility index (Phi) is 4.54. The van der Waals surface area contributed by atoms with E-state index in [9.17, 15) is 5.11 Å². The van der Waals surface area contributed by atoms with Crippen LogP contribution in [0.15, 0.2) is 30.6 Å². The maximum atomic E-state index is 10.6. The molecule has 28 heavy (non-hydrogen) atoms. The summed E-state index contributed by atoms with van der Waals surface area (Å²) >= 11 is 0. The van der Waals surface area contributed by atoms with Gasteiger partial charge in [0.1, 0.15) is 5.60 Å². The van der Waals surface area contributed by atoms with Gasteiger partial charge in [0.2, 0.25) is 12.7 Å². The van der Waals surface area contributed by atoms with Crippen LogP contribution in [0.1, 0.15) is 17.5 Å². The third-order valence-electron chi connectivity index (χ3n) is 5.67. The Labute approximate surface area is 163 Å². The maximum Gasteiger partial charge on any atom is 0.231 e. The van der Waals surface area contributed by atoms with E-state index in [0.717, 1.165) is 49.8 Å². The van der Waals surface area contributed by atoms with Crippen LogP contribution in [0.2, 0.25) is 0 Å². The van der Waals surface area contributed by atoms with Crippen molar-refractivity contribution in [2.75, 3.05) is 51.1 Å². The molecule has 1 atom stereocenters. The highest BCUT2D eigenvalue weighted by Crippen LogP contribution is 2.33. The molecule has 0 saturated carbocycles. The van der Waals surface area contributed by atoms with E-state index < -0.39 is 5.60 Å². The molecule has 1 aromatic carbocycles. The quantitative estimate of drug-likeness (QED) is 0.841. The Bertz CT molecular complexity index is 831. The SMILES string of the molecule is OC1(c2cnc(N3CCN(Cc4ccc5c(c4)OCO5)CC3)nc2)CCOC1. The highest BCUT2D eigenvalue weighted by Gasteiger charge is 2.35. The van der Waals surface area contributed by atoms with Crippen LogP contribution in [0.25, 0.3) is 0 Å². The number of aliphatic hydroxyl groups is 1. The van der Waals surface area contributed by atoms with Gasteiger partial charge in [-0.1, -0.05) is 6.07 Å². The zero-order valence-corrected chi connectivity index (χ0v) is 15.7. The molecule has 5 rings (SSSR count). The number of rotatable bonds is 4. The Morgan fingerprint density at radius 1 is 1.04 bits per heavy atom. The highest BCUT2D eigenvalue weighted by atomic mass is 16.7. The standard InChI is InChI=1S/C20H24N4O4/c25-20(3-8-26-13-20)16-10-21-19(22-11-16)24-6-4-23(5-7-24)12-15-1-2-17-18(9-15)28-14-27-17/h1-2,9-11,25H,3-8,12-14H2. The number of ether oxygens (including phenoxy) is 3. The topological polar surface area (TPSA) is 80.2 Å². The van der Waals surface area contributed by atoms with Crippen molar-refractivity contribution in [3.05, 3.63) is 41.7 Å². The average molecular weight is 384 g/mol. The molecule has 8 heteroatoms. The average Bonchev–Trinajstić information content (AvgIpc) is 3.38. The third kappa shape index (κ3) is 3.39. The smallest absolute Gasteiger partial charge is 0.231 e. The van der Waals surface area contributed by atoms with Gasteiger partial charge in [-0.3, -0.25) is 4.90 Å². The first-order valence-electron chi connectivity index (χ1n) is 9.68. The van der Waals surface area contributed by atoms with Crippen molar-refractivity contribution in [2.24, 2.45) is 0 Å². The number of piperazine rings is 1. The summed E-state index contributed by atoms with van der Waals surface area (Å²) in [4.78, 5) is 13.6. The molecule has 1 N–H and O–H groups in total. The van der Waals surface area contributed by atoms with Gasteiger partial charge in [0.05, 0.1) is 6.61 Å². The summed E-state index contributed by atoms with van der Waals surface area (Å²) in [5.41, 5.74) is 1.02. The first kappa shape index (κ1) is 17.7. The normalized spacial score (nSPS) is 24.7. The van der Waals surface area contributed by atoms with Crippen molar-refractivity contribution >= 4 is 5.95 Å². The van der Waals surface area contributed by atoms with E-state index in [1.807, 2.05) is 6.07 Å². The minimum atomic E-state index is -0.943. The van der Waals surface area contributed by atoms with Crippen molar-refractivity contribution in [3.63, 3.8) is 0 Å². The predicted molar refractivity (Wildman–Crippen MR) is 101 cm³/mol. The second kappa shape index (κ2) is 7.20. The van der Waals surface area contributed by atoms with E-state index in [0.29, 0.717) is 32.4 Å². The summed E-state index contributed by atoms with van der Waals surface area (Å²) in [7, 11) is 0. The number of hydrogen-bond acceptors (Lipinski definition) is 8. The van der Waals surface area contributed by atoms with Crippen molar-refractivity contribution < 1.29 is 19.3 Å². The number of benzene rings is 1. The number of aromatic nitrogens is 2. The van der Waals surface area contributed by atoms with Gasteiger partial charge < -0.3 is 24.2 Å². The molecule has 3 aliphatic heterocycles. The van der Waals surface area contributed by atoms with Crippen LogP contribution in [0, 0.1) is 0 Å². The minimum Gasteiger partial charge on any atom is -0.454 e. The van der Waals surface area contributed by atoms with E-state index in [-0.39, 0.29) is 0 Å². The Morgan fingerprint density at radius 3 is 2.57 bits per heavy atom. The molecule has 3 aliphatic rings. The lowest BCUT2D eigenvalue weighted by atomic mass is 9.96. The van der Waals surface area contributed by atoms with Gasteiger partial charge in [-0.15, -0.1) is 0 Å².